The summed E-state index contributed by atoms with van der Waals surface area (Å²) in [7, 11) is 1.42. The van der Waals surface area contributed by atoms with Crippen LogP contribution < -0.4 is 5.32 Å². The Balaban J connectivity index is 1.50. The molecule has 2 aromatic rings. The highest BCUT2D eigenvalue weighted by molar-refractivity contribution is 6.31. The first-order valence-electron chi connectivity index (χ1n) is 10.1. The minimum absolute atomic E-state index is 0.114. The summed E-state index contributed by atoms with van der Waals surface area (Å²) in [4.78, 5) is 32.7. The van der Waals surface area contributed by atoms with Gasteiger partial charge in [-0.15, -0.1) is 0 Å². The van der Waals surface area contributed by atoms with Gasteiger partial charge in [0.25, 0.3) is 12.3 Å². The van der Waals surface area contributed by atoms with Crippen molar-refractivity contribution in [2.75, 3.05) is 32.1 Å². The predicted octanol–water partition coefficient (Wildman–Crippen LogP) is 2.93. The minimum Gasteiger partial charge on any atom is -0.373 e. The fourth-order valence-corrected chi connectivity index (χ4v) is 3.95. The van der Waals surface area contributed by atoms with Crippen LogP contribution in [-0.4, -0.2) is 71.0 Å². The summed E-state index contributed by atoms with van der Waals surface area (Å²) in [6, 6.07) is 3.42. The van der Waals surface area contributed by atoms with Gasteiger partial charge in [0.15, 0.2) is 0 Å². The van der Waals surface area contributed by atoms with E-state index in [1.165, 1.54) is 28.8 Å². The van der Waals surface area contributed by atoms with Crippen LogP contribution in [0.1, 0.15) is 21.7 Å². The van der Waals surface area contributed by atoms with E-state index in [0.717, 1.165) is 11.1 Å². The third kappa shape index (κ3) is 5.07. The minimum atomic E-state index is -2.61. The molecule has 0 radical (unpaired) electrons. The number of benzene rings is 1. The number of carbonyl (C=O) groups excluding carboxylic acids is 2. The smallest absolute Gasteiger partial charge is 0.322 e. The molecule has 0 spiro atoms. The Labute approximate surface area is 191 Å². The van der Waals surface area contributed by atoms with E-state index in [1.54, 1.807) is 0 Å². The maximum Gasteiger partial charge on any atom is 0.322 e. The summed E-state index contributed by atoms with van der Waals surface area (Å²) < 4.78 is 44.5. The van der Waals surface area contributed by atoms with Crippen LogP contribution in [-0.2, 0) is 29.1 Å². The first kappa shape index (κ1) is 23.3. The molecule has 2 aliphatic rings. The summed E-state index contributed by atoms with van der Waals surface area (Å²) in [5, 5.41) is 8.07. The second-order valence-electron chi connectivity index (χ2n) is 7.65. The number of carbonyl (C=O) groups is 2. The average Bonchev–Trinajstić information content (AvgIpc) is 3.06. The summed E-state index contributed by atoms with van der Waals surface area (Å²) in [5.74, 6) is -1.06. The van der Waals surface area contributed by atoms with Crippen molar-refractivity contribution < 1.29 is 32.3 Å². The molecule has 4 rings (SSSR count). The Hall–Kier alpha value is -2.83. The van der Waals surface area contributed by atoms with Crippen molar-refractivity contribution in [1.29, 1.82) is 0 Å². The van der Waals surface area contributed by atoms with Gasteiger partial charge in [0, 0.05) is 31.3 Å². The summed E-state index contributed by atoms with van der Waals surface area (Å²) in [6.45, 7) is -0.269. The number of fused-ring (bicyclic) bond motifs is 3. The maximum atomic E-state index is 13.4. The molecule has 2 aliphatic heterocycles. The van der Waals surface area contributed by atoms with Gasteiger partial charge in [0.2, 0.25) is 0 Å². The van der Waals surface area contributed by atoms with Crippen LogP contribution in [0.2, 0.25) is 5.02 Å². The van der Waals surface area contributed by atoms with Crippen molar-refractivity contribution in [2.45, 2.75) is 32.0 Å². The number of hydrogen-bond acceptors (Lipinski definition) is 5. The lowest BCUT2D eigenvalue weighted by atomic mass is 10.1. The zero-order valence-electron chi connectivity index (χ0n) is 17.6. The molecule has 13 heteroatoms. The molecule has 1 atom stereocenters. The van der Waals surface area contributed by atoms with Gasteiger partial charge in [-0.25, -0.2) is 23.0 Å². The first-order chi connectivity index (χ1) is 15.7. The first-order valence-corrected chi connectivity index (χ1v) is 10.5. The van der Waals surface area contributed by atoms with Crippen molar-refractivity contribution in [1.82, 2.24) is 19.7 Å². The number of aromatic nitrogens is 2. The van der Waals surface area contributed by atoms with Crippen LogP contribution in [0.5, 0.6) is 0 Å². The van der Waals surface area contributed by atoms with Crippen molar-refractivity contribution >= 4 is 29.2 Å². The van der Waals surface area contributed by atoms with Crippen LogP contribution in [0.15, 0.2) is 18.2 Å². The molecular formula is C20H21ClF3N5O4. The molecule has 0 bridgehead atoms. The Morgan fingerprint density at radius 3 is 2.94 bits per heavy atom. The molecule has 0 fully saturated rings. The molecule has 33 heavy (non-hydrogen) atoms. The quantitative estimate of drug-likeness (QED) is 0.700. The van der Waals surface area contributed by atoms with Crippen molar-refractivity contribution in [3.05, 3.63) is 46.0 Å². The van der Waals surface area contributed by atoms with E-state index in [-0.39, 0.29) is 30.4 Å². The molecule has 1 aromatic carbocycles. The van der Waals surface area contributed by atoms with Crippen LogP contribution in [0.4, 0.5) is 23.7 Å². The number of ether oxygens (including phenoxy) is 1. The van der Waals surface area contributed by atoms with Gasteiger partial charge < -0.3 is 15.0 Å². The van der Waals surface area contributed by atoms with E-state index in [1.807, 2.05) is 0 Å². The van der Waals surface area contributed by atoms with E-state index in [4.69, 9.17) is 21.2 Å². The van der Waals surface area contributed by atoms with Gasteiger partial charge in [-0.05, 0) is 18.2 Å². The van der Waals surface area contributed by atoms with Gasteiger partial charge in [-0.1, -0.05) is 11.6 Å². The molecule has 178 valence electrons. The molecule has 3 amide bonds. The number of amides is 3. The van der Waals surface area contributed by atoms with Crippen molar-refractivity contribution in [2.24, 2.45) is 0 Å². The van der Waals surface area contributed by atoms with Crippen LogP contribution in [0.25, 0.3) is 0 Å². The van der Waals surface area contributed by atoms with E-state index >= 15 is 0 Å². The largest absolute Gasteiger partial charge is 0.373 e. The molecule has 3 heterocycles. The number of nitrogens with one attached hydrogen (secondary N) is 1. The number of hydrogen-bond donors (Lipinski definition) is 1. The molecule has 1 N–H and O–H groups in total. The van der Waals surface area contributed by atoms with Crippen molar-refractivity contribution in [3.63, 3.8) is 0 Å². The molecule has 0 saturated heterocycles. The van der Waals surface area contributed by atoms with Gasteiger partial charge in [0.1, 0.15) is 24.2 Å². The Morgan fingerprint density at radius 2 is 2.21 bits per heavy atom. The molecule has 1 aromatic heterocycles. The Bertz CT molecular complexity index is 1070. The third-order valence-corrected chi connectivity index (χ3v) is 5.57. The monoisotopic (exact) mass is 487 g/mol. The van der Waals surface area contributed by atoms with Gasteiger partial charge in [-0.2, -0.15) is 5.10 Å². The summed E-state index contributed by atoms with van der Waals surface area (Å²) in [6.07, 6.45) is -2.88. The molecule has 0 saturated carbocycles. The highest BCUT2D eigenvalue weighted by Gasteiger charge is 2.35. The molecule has 1 unspecified atom stereocenters. The SMILES string of the molecule is CN1OC(COCC(F)F)Cn2nc3c(c2C1=O)CN(C(=O)Nc1ccc(F)c(Cl)c1)CC3. The zero-order valence-corrected chi connectivity index (χ0v) is 18.3. The van der Waals surface area contributed by atoms with Crippen molar-refractivity contribution in [3.8, 4) is 0 Å². The van der Waals surface area contributed by atoms with Crippen LogP contribution in [0.3, 0.4) is 0 Å². The third-order valence-electron chi connectivity index (χ3n) is 5.28. The number of halogens is 4. The summed E-state index contributed by atoms with van der Waals surface area (Å²) >= 11 is 5.77. The fraction of sp³-hybridized carbons (Fsp3) is 0.450. The lowest BCUT2D eigenvalue weighted by Crippen LogP contribution is -2.39. The number of urea groups is 1. The van der Waals surface area contributed by atoms with E-state index in [9.17, 15) is 22.8 Å². The number of nitrogens with zero attached hydrogens (tertiary/aromatic N) is 4. The maximum absolute atomic E-state index is 13.4. The standard InChI is InChI=1S/C20H21ClF3N5O4/c1-27-19(30)18-13-8-28(20(31)25-11-2-3-15(22)14(21)6-11)5-4-16(13)26-29(18)7-12(33-27)9-32-10-17(23)24/h2-3,6,12,17H,4-5,7-10H2,1H3,(H,25,31). The summed E-state index contributed by atoms with van der Waals surface area (Å²) in [5.41, 5.74) is 1.87. The van der Waals surface area contributed by atoms with E-state index < -0.39 is 36.9 Å². The predicted molar refractivity (Wildman–Crippen MR) is 111 cm³/mol. The van der Waals surface area contributed by atoms with Crippen LogP contribution in [0, 0.1) is 5.82 Å². The molecular weight excluding hydrogens is 467 g/mol. The number of anilines is 1. The number of alkyl halides is 2. The Morgan fingerprint density at radius 1 is 1.42 bits per heavy atom. The highest BCUT2D eigenvalue weighted by Crippen LogP contribution is 2.27. The lowest BCUT2D eigenvalue weighted by Gasteiger charge is -2.27. The molecule has 0 aliphatic carbocycles. The zero-order chi connectivity index (χ0) is 23.7. The van der Waals surface area contributed by atoms with Crippen LogP contribution >= 0.6 is 11.6 Å². The second kappa shape index (κ2) is 9.57. The number of rotatable bonds is 5. The Kier molecular flexibility index (Phi) is 6.77. The van der Waals surface area contributed by atoms with Gasteiger partial charge in [0.05, 0.1) is 30.4 Å². The second-order valence-corrected chi connectivity index (χ2v) is 8.05. The molecule has 9 nitrogen and oxygen atoms in total. The van der Waals surface area contributed by atoms with E-state index in [2.05, 4.69) is 10.4 Å². The topological polar surface area (TPSA) is 88.9 Å². The van der Waals surface area contributed by atoms with Gasteiger partial charge >= 0.3 is 6.03 Å². The van der Waals surface area contributed by atoms with Gasteiger partial charge in [-0.3, -0.25) is 14.3 Å². The fourth-order valence-electron chi connectivity index (χ4n) is 3.77. The highest BCUT2D eigenvalue weighted by atomic mass is 35.5. The normalized spacial score (nSPS) is 18.2. The van der Waals surface area contributed by atoms with E-state index in [0.29, 0.717) is 29.9 Å². The average molecular weight is 488 g/mol. The lowest BCUT2D eigenvalue weighted by molar-refractivity contribution is -0.169. The number of hydroxylamine groups is 2.